The van der Waals surface area contributed by atoms with Gasteiger partial charge in [0.15, 0.2) is 0 Å². The lowest BCUT2D eigenvalue weighted by atomic mass is 10.1. The van der Waals surface area contributed by atoms with Crippen LogP contribution in [0, 0.1) is 11.8 Å². The number of amides is 1. The summed E-state index contributed by atoms with van der Waals surface area (Å²) in [6.07, 6.45) is 3.90. The molecule has 2 N–H and O–H groups in total. The summed E-state index contributed by atoms with van der Waals surface area (Å²) >= 11 is 1.90. The van der Waals surface area contributed by atoms with Crippen molar-refractivity contribution < 1.29 is 9.90 Å². The van der Waals surface area contributed by atoms with Crippen LogP contribution in [0.2, 0.25) is 0 Å². The van der Waals surface area contributed by atoms with Crippen LogP contribution in [0.15, 0.2) is 18.3 Å². The molecule has 1 aromatic rings. The highest BCUT2D eigenvalue weighted by Gasteiger charge is 2.30. The summed E-state index contributed by atoms with van der Waals surface area (Å²) in [4.78, 5) is 16.3. The van der Waals surface area contributed by atoms with Gasteiger partial charge in [-0.3, -0.25) is 4.79 Å². The third kappa shape index (κ3) is 3.75. The van der Waals surface area contributed by atoms with E-state index in [9.17, 15) is 4.79 Å². The van der Waals surface area contributed by atoms with Crippen LogP contribution in [0.1, 0.15) is 35.8 Å². The molecule has 2 heterocycles. The molecule has 0 aromatic carbocycles. The lowest BCUT2D eigenvalue weighted by Crippen LogP contribution is -2.37. The van der Waals surface area contributed by atoms with Crippen molar-refractivity contribution in [1.82, 2.24) is 10.3 Å². The summed E-state index contributed by atoms with van der Waals surface area (Å²) in [5, 5.41) is 11.7. The van der Waals surface area contributed by atoms with Crippen molar-refractivity contribution in [2.24, 2.45) is 0 Å². The highest BCUT2D eigenvalue weighted by molar-refractivity contribution is 8.00. The summed E-state index contributed by atoms with van der Waals surface area (Å²) in [6.45, 7) is 2.58. The van der Waals surface area contributed by atoms with Gasteiger partial charge in [-0.2, -0.15) is 11.8 Å². The van der Waals surface area contributed by atoms with Gasteiger partial charge in [0.1, 0.15) is 12.3 Å². The van der Waals surface area contributed by atoms with Gasteiger partial charge in [0.25, 0.3) is 5.91 Å². The SMILES string of the molecule is CC1(CNC(=O)c2ncccc2C#CCO)CCCS1. The number of aliphatic hydroxyl groups excluding tert-OH is 1. The maximum absolute atomic E-state index is 12.2. The number of aromatic nitrogens is 1. The molecule has 1 unspecified atom stereocenters. The zero-order valence-electron chi connectivity index (χ0n) is 11.5. The number of hydrogen-bond acceptors (Lipinski definition) is 4. The Morgan fingerprint density at radius 2 is 2.50 bits per heavy atom. The molecule has 0 spiro atoms. The molecule has 2 rings (SSSR count). The first-order chi connectivity index (χ1) is 9.64. The molecular formula is C15H18N2O2S. The Morgan fingerprint density at radius 3 is 3.20 bits per heavy atom. The summed E-state index contributed by atoms with van der Waals surface area (Å²) in [5.74, 6) is 6.25. The van der Waals surface area contributed by atoms with Crippen LogP contribution >= 0.6 is 11.8 Å². The van der Waals surface area contributed by atoms with Gasteiger partial charge in [0.2, 0.25) is 0 Å². The van der Waals surface area contributed by atoms with Crippen molar-refractivity contribution in [2.45, 2.75) is 24.5 Å². The van der Waals surface area contributed by atoms with E-state index >= 15 is 0 Å². The van der Waals surface area contributed by atoms with Crippen molar-refractivity contribution in [1.29, 1.82) is 0 Å². The van der Waals surface area contributed by atoms with Gasteiger partial charge in [0.05, 0.1) is 5.56 Å². The number of nitrogens with zero attached hydrogens (tertiary/aromatic N) is 1. The van der Waals surface area contributed by atoms with Crippen LogP contribution in [0.25, 0.3) is 0 Å². The molecule has 0 radical (unpaired) electrons. The van der Waals surface area contributed by atoms with Gasteiger partial charge in [-0.15, -0.1) is 0 Å². The monoisotopic (exact) mass is 290 g/mol. The quantitative estimate of drug-likeness (QED) is 0.827. The number of aliphatic hydroxyl groups is 1. The minimum atomic E-state index is -0.231. The molecule has 1 aliphatic rings. The van der Waals surface area contributed by atoms with Crippen LogP contribution in [0.3, 0.4) is 0 Å². The Labute approximate surface area is 123 Å². The predicted molar refractivity (Wildman–Crippen MR) is 80.6 cm³/mol. The Morgan fingerprint density at radius 1 is 1.65 bits per heavy atom. The van der Waals surface area contributed by atoms with E-state index in [-0.39, 0.29) is 17.3 Å². The molecule has 0 bridgehead atoms. The molecule has 1 aromatic heterocycles. The second kappa shape index (κ2) is 6.78. The van der Waals surface area contributed by atoms with Crippen molar-refractivity contribution in [3.8, 4) is 11.8 Å². The molecule has 0 saturated carbocycles. The summed E-state index contributed by atoms with van der Waals surface area (Å²) in [6, 6.07) is 3.46. The van der Waals surface area contributed by atoms with Gasteiger partial charge in [0, 0.05) is 17.5 Å². The fourth-order valence-corrected chi connectivity index (χ4v) is 3.39. The van der Waals surface area contributed by atoms with E-state index in [4.69, 9.17) is 5.11 Å². The van der Waals surface area contributed by atoms with Crippen molar-refractivity contribution in [2.75, 3.05) is 18.9 Å². The minimum Gasteiger partial charge on any atom is -0.384 e. The number of nitrogens with one attached hydrogen (secondary N) is 1. The first-order valence-electron chi connectivity index (χ1n) is 6.61. The zero-order valence-corrected chi connectivity index (χ0v) is 12.3. The molecule has 1 atom stereocenters. The number of hydrogen-bond donors (Lipinski definition) is 2. The van der Waals surface area contributed by atoms with Gasteiger partial charge in [-0.25, -0.2) is 4.98 Å². The zero-order chi connectivity index (χ0) is 14.4. The van der Waals surface area contributed by atoms with Crippen LogP contribution in [0.4, 0.5) is 0 Å². The van der Waals surface area contributed by atoms with Gasteiger partial charge < -0.3 is 10.4 Å². The average molecular weight is 290 g/mol. The van der Waals surface area contributed by atoms with E-state index in [2.05, 4.69) is 29.1 Å². The molecule has 1 saturated heterocycles. The summed E-state index contributed by atoms with van der Waals surface area (Å²) in [5.41, 5.74) is 0.864. The van der Waals surface area contributed by atoms with E-state index in [1.807, 2.05) is 11.8 Å². The maximum Gasteiger partial charge on any atom is 0.271 e. The topological polar surface area (TPSA) is 62.2 Å². The Bertz CT molecular complexity index is 542. The largest absolute Gasteiger partial charge is 0.384 e. The molecule has 1 amide bonds. The number of rotatable bonds is 3. The molecule has 1 aliphatic heterocycles. The van der Waals surface area contributed by atoms with E-state index in [1.54, 1.807) is 18.3 Å². The highest BCUT2D eigenvalue weighted by Crippen LogP contribution is 2.36. The summed E-state index contributed by atoms with van der Waals surface area (Å²) in [7, 11) is 0. The third-order valence-corrected chi connectivity index (χ3v) is 4.79. The molecule has 1 fully saturated rings. The minimum absolute atomic E-state index is 0.126. The summed E-state index contributed by atoms with van der Waals surface area (Å²) < 4.78 is 0.126. The molecule has 0 aliphatic carbocycles. The van der Waals surface area contributed by atoms with Crippen LogP contribution in [0.5, 0.6) is 0 Å². The molecule has 106 valence electrons. The van der Waals surface area contributed by atoms with E-state index < -0.39 is 0 Å². The molecular weight excluding hydrogens is 272 g/mol. The van der Waals surface area contributed by atoms with Crippen LogP contribution < -0.4 is 5.32 Å². The Kier molecular flexibility index (Phi) is 5.05. The molecule has 4 nitrogen and oxygen atoms in total. The first kappa shape index (κ1) is 14.9. The number of pyridine rings is 1. The Balaban J connectivity index is 2.05. The van der Waals surface area contributed by atoms with Gasteiger partial charge in [-0.1, -0.05) is 11.8 Å². The smallest absolute Gasteiger partial charge is 0.271 e. The highest BCUT2D eigenvalue weighted by atomic mass is 32.2. The van der Waals surface area contributed by atoms with E-state index in [1.165, 1.54) is 6.42 Å². The van der Waals surface area contributed by atoms with E-state index in [0.717, 1.165) is 12.2 Å². The molecule has 20 heavy (non-hydrogen) atoms. The Hall–Kier alpha value is -1.51. The fourth-order valence-electron chi connectivity index (χ4n) is 2.15. The van der Waals surface area contributed by atoms with Gasteiger partial charge in [-0.05, 0) is 37.7 Å². The lowest BCUT2D eigenvalue weighted by molar-refractivity contribution is 0.0944. The van der Waals surface area contributed by atoms with Gasteiger partial charge >= 0.3 is 0 Å². The number of thioether (sulfide) groups is 1. The van der Waals surface area contributed by atoms with Crippen LogP contribution in [-0.2, 0) is 0 Å². The normalized spacial score (nSPS) is 21.1. The van der Waals surface area contributed by atoms with Crippen molar-refractivity contribution >= 4 is 17.7 Å². The fraction of sp³-hybridized carbons (Fsp3) is 0.467. The predicted octanol–water partition coefficient (Wildman–Crippen LogP) is 1.44. The molecule has 5 heteroatoms. The number of carbonyl (C=O) groups is 1. The standard InChI is InChI=1S/C15H18N2O2S/c1-15(7-4-10-20-15)11-17-14(19)13-12(6-3-9-18)5-2-8-16-13/h2,5,8,18H,4,7,9-11H2,1H3,(H,17,19). The average Bonchev–Trinajstić information content (AvgIpc) is 2.90. The maximum atomic E-state index is 12.2. The number of carbonyl (C=O) groups excluding carboxylic acids is 1. The van der Waals surface area contributed by atoms with E-state index in [0.29, 0.717) is 17.8 Å². The first-order valence-corrected chi connectivity index (χ1v) is 7.60. The van der Waals surface area contributed by atoms with Crippen LogP contribution in [-0.4, -0.2) is 39.6 Å². The van der Waals surface area contributed by atoms with Crippen molar-refractivity contribution in [3.05, 3.63) is 29.6 Å². The second-order valence-electron chi connectivity index (χ2n) is 4.94. The second-order valence-corrected chi connectivity index (χ2v) is 6.63. The lowest BCUT2D eigenvalue weighted by Gasteiger charge is -2.22. The third-order valence-electron chi connectivity index (χ3n) is 3.25. The van der Waals surface area contributed by atoms with Crippen molar-refractivity contribution in [3.63, 3.8) is 0 Å².